The Labute approximate surface area is 133 Å². The van der Waals surface area contributed by atoms with Crippen LogP contribution in [0.15, 0.2) is 12.2 Å². The fourth-order valence-electron chi connectivity index (χ4n) is 2.15. The van der Waals surface area contributed by atoms with Gasteiger partial charge in [-0.15, -0.1) is 0 Å². The molecule has 0 spiro atoms. The van der Waals surface area contributed by atoms with E-state index in [-0.39, 0.29) is 6.61 Å². The first-order valence-corrected chi connectivity index (χ1v) is 7.26. The average Bonchev–Trinajstić information content (AvgIpc) is 2.51. The van der Waals surface area contributed by atoms with Crippen molar-refractivity contribution in [2.75, 3.05) is 13.2 Å². The molecule has 9 heteroatoms. The third-order valence-electron chi connectivity index (χ3n) is 3.29. The molecule has 9 nitrogen and oxygen atoms in total. The Kier molecular flexibility index (Phi) is 7.10. The number of hydrogen-bond acceptors (Lipinski definition) is 7. The second-order valence-corrected chi connectivity index (χ2v) is 5.23. The number of nitrogens with one attached hydrogen (secondary N) is 1. The predicted octanol–water partition coefficient (Wildman–Crippen LogP) is -1.63. The summed E-state index contributed by atoms with van der Waals surface area (Å²) in [5, 5.41) is 40.5. The van der Waals surface area contributed by atoms with E-state index in [0.717, 1.165) is 6.08 Å². The molecule has 5 atom stereocenters. The summed E-state index contributed by atoms with van der Waals surface area (Å²) in [6, 6.07) is -0.888. The summed E-state index contributed by atoms with van der Waals surface area (Å²) in [6.07, 6.45) is -1.52. The van der Waals surface area contributed by atoms with Crippen LogP contribution >= 0.6 is 0 Å². The molecule has 0 aliphatic carbocycles. The minimum atomic E-state index is -2.13. The number of aliphatic carboxylic acids is 1. The van der Waals surface area contributed by atoms with Crippen molar-refractivity contribution in [3.05, 3.63) is 12.2 Å². The Hall–Kier alpha value is -1.52. The van der Waals surface area contributed by atoms with Crippen molar-refractivity contribution < 1.29 is 39.5 Å². The first-order valence-electron chi connectivity index (χ1n) is 7.26. The zero-order valence-corrected chi connectivity index (χ0v) is 13.0. The number of ether oxygens (including phenoxy) is 2. The van der Waals surface area contributed by atoms with Crippen LogP contribution in [0.5, 0.6) is 0 Å². The highest BCUT2D eigenvalue weighted by atomic mass is 16.7. The van der Waals surface area contributed by atoms with Gasteiger partial charge < -0.3 is 35.2 Å². The maximum absolute atomic E-state index is 11.5. The number of hydrogen-bond donors (Lipinski definition) is 5. The Morgan fingerprint density at radius 1 is 1.43 bits per heavy atom. The van der Waals surface area contributed by atoms with Crippen LogP contribution in [0.1, 0.15) is 20.3 Å². The predicted molar refractivity (Wildman–Crippen MR) is 77.3 cm³/mol. The van der Waals surface area contributed by atoms with Gasteiger partial charge in [0, 0.05) is 6.92 Å². The lowest BCUT2D eigenvalue weighted by Crippen LogP contribution is -2.60. The molecule has 0 fully saturated rings. The molecule has 0 aromatic rings. The number of aliphatic hydroxyl groups is 3. The van der Waals surface area contributed by atoms with E-state index in [9.17, 15) is 24.9 Å². The van der Waals surface area contributed by atoms with Crippen LogP contribution in [-0.2, 0) is 19.1 Å². The van der Waals surface area contributed by atoms with Crippen molar-refractivity contribution in [3.8, 4) is 0 Å². The lowest BCUT2D eigenvalue weighted by atomic mass is 9.96. The van der Waals surface area contributed by atoms with E-state index in [1.165, 1.54) is 13.0 Å². The van der Waals surface area contributed by atoms with Gasteiger partial charge in [0.05, 0.1) is 19.3 Å². The van der Waals surface area contributed by atoms with Crippen LogP contribution in [0.2, 0.25) is 0 Å². The maximum atomic E-state index is 11.5. The Bertz CT molecular complexity index is 454. The molecule has 0 aromatic carbocycles. The number of amides is 1. The molecule has 5 unspecified atom stereocenters. The SMILES string of the molecule is CCCOC1(C(=O)O)C=CC(NC(C)=O)C(C(O)C(O)CO)O1. The number of rotatable bonds is 8. The van der Waals surface area contributed by atoms with Crippen molar-refractivity contribution in [2.24, 2.45) is 0 Å². The normalized spacial score (nSPS) is 29.8. The van der Waals surface area contributed by atoms with Gasteiger partial charge in [-0.2, -0.15) is 0 Å². The van der Waals surface area contributed by atoms with E-state index in [4.69, 9.17) is 14.6 Å². The first kappa shape index (κ1) is 19.5. The Morgan fingerprint density at radius 2 is 2.09 bits per heavy atom. The van der Waals surface area contributed by atoms with Crippen LogP contribution < -0.4 is 5.32 Å². The second kappa shape index (κ2) is 8.37. The van der Waals surface area contributed by atoms with Gasteiger partial charge in [-0.3, -0.25) is 4.79 Å². The van der Waals surface area contributed by atoms with Gasteiger partial charge >= 0.3 is 5.97 Å². The number of carboxylic acid groups (broad SMARTS) is 1. The summed E-state index contributed by atoms with van der Waals surface area (Å²) in [7, 11) is 0. The number of carbonyl (C=O) groups excluding carboxylic acids is 1. The molecule has 0 aromatic heterocycles. The molecule has 1 heterocycles. The zero-order valence-electron chi connectivity index (χ0n) is 13.0. The Morgan fingerprint density at radius 3 is 2.57 bits per heavy atom. The lowest BCUT2D eigenvalue weighted by molar-refractivity contribution is -0.261. The molecule has 0 saturated carbocycles. The van der Waals surface area contributed by atoms with E-state index in [1.807, 2.05) is 0 Å². The quantitative estimate of drug-likeness (QED) is 0.333. The molecule has 0 bridgehead atoms. The van der Waals surface area contributed by atoms with E-state index in [2.05, 4.69) is 5.32 Å². The third kappa shape index (κ3) is 4.72. The summed E-state index contributed by atoms with van der Waals surface area (Å²) in [5.74, 6) is -4.00. The van der Waals surface area contributed by atoms with Crippen LogP contribution in [0.25, 0.3) is 0 Å². The fraction of sp³-hybridized carbons (Fsp3) is 0.714. The van der Waals surface area contributed by atoms with Crippen molar-refractivity contribution >= 4 is 11.9 Å². The lowest BCUT2D eigenvalue weighted by Gasteiger charge is -2.40. The van der Waals surface area contributed by atoms with Gasteiger partial charge in [-0.05, 0) is 12.5 Å². The van der Waals surface area contributed by atoms with Gasteiger partial charge in [-0.25, -0.2) is 4.79 Å². The smallest absolute Gasteiger partial charge is 0.368 e. The van der Waals surface area contributed by atoms with Gasteiger partial charge in [0.25, 0.3) is 5.79 Å². The third-order valence-corrected chi connectivity index (χ3v) is 3.29. The summed E-state index contributed by atoms with van der Waals surface area (Å²) in [6.45, 7) is 2.36. The molecule has 23 heavy (non-hydrogen) atoms. The molecule has 1 amide bonds. The monoisotopic (exact) mass is 333 g/mol. The van der Waals surface area contributed by atoms with E-state index < -0.39 is 48.6 Å². The van der Waals surface area contributed by atoms with Gasteiger partial charge in [-0.1, -0.05) is 13.0 Å². The largest absolute Gasteiger partial charge is 0.477 e. The number of carboxylic acids is 1. The van der Waals surface area contributed by atoms with Crippen LogP contribution in [0.3, 0.4) is 0 Å². The molecular formula is C14H23NO8. The van der Waals surface area contributed by atoms with Crippen molar-refractivity contribution in [2.45, 2.75) is 50.4 Å². The molecule has 0 radical (unpaired) electrons. The molecular weight excluding hydrogens is 310 g/mol. The van der Waals surface area contributed by atoms with Crippen LogP contribution in [0.4, 0.5) is 0 Å². The highest BCUT2D eigenvalue weighted by Gasteiger charge is 2.48. The first-order chi connectivity index (χ1) is 10.8. The van der Waals surface area contributed by atoms with Crippen LogP contribution in [-0.4, -0.2) is 75.7 Å². The van der Waals surface area contributed by atoms with Crippen molar-refractivity contribution in [1.29, 1.82) is 0 Å². The highest BCUT2D eigenvalue weighted by Crippen LogP contribution is 2.28. The molecule has 5 N–H and O–H groups in total. The average molecular weight is 333 g/mol. The summed E-state index contributed by atoms with van der Waals surface area (Å²) >= 11 is 0. The van der Waals surface area contributed by atoms with Gasteiger partial charge in [0.2, 0.25) is 5.91 Å². The van der Waals surface area contributed by atoms with Crippen LogP contribution in [0, 0.1) is 0 Å². The standard InChI is InChI=1S/C14H23NO8/c1-3-6-22-14(13(20)21)5-4-9(15-8(2)17)12(23-14)11(19)10(18)7-16/h4-5,9-12,16,18-19H,3,6-7H2,1-2H3,(H,15,17)(H,20,21). The molecule has 1 aliphatic heterocycles. The van der Waals surface area contributed by atoms with Gasteiger partial charge in [0.15, 0.2) is 0 Å². The molecule has 0 saturated heterocycles. The number of carbonyl (C=O) groups is 2. The highest BCUT2D eigenvalue weighted by molar-refractivity contribution is 5.79. The summed E-state index contributed by atoms with van der Waals surface area (Å²) in [5.41, 5.74) is 0. The maximum Gasteiger partial charge on any atom is 0.368 e. The number of aliphatic hydroxyl groups excluding tert-OH is 3. The molecule has 132 valence electrons. The summed E-state index contributed by atoms with van der Waals surface area (Å²) < 4.78 is 10.6. The van der Waals surface area contributed by atoms with E-state index >= 15 is 0 Å². The van der Waals surface area contributed by atoms with Gasteiger partial charge in [0.1, 0.15) is 18.3 Å². The van der Waals surface area contributed by atoms with Crippen molar-refractivity contribution in [1.82, 2.24) is 5.32 Å². The Balaban J connectivity index is 3.12. The van der Waals surface area contributed by atoms with E-state index in [1.54, 1.807) is 6.92 Å². The fourth-order valence-corrected chi connectivity index (χ4v) is 2.15. The minimum Gasteiger partial charge on any atom is -0.477 e. The molecule has 1 rings (SSSR count). The zero-order chi connectivity index (χ0) is 17.6. The topological polar surface area (TPSA) is 146 Å². The van der Waals surface area contributed by atoms with E-state index in [0.29, 0.717) is 6.42 Å². The molecule has 1 aliphatic rings. The minimum absolute atomic E-state index is 0.0901. The van der Waals surface area contributed by atoms with Crippen molar-refractivity contribution in [3.63, 3.8) is 0 Å². The summed E-state index contributed by atoms with van der Waals surface area (Å²) in [4.78, 5) is 22.8. The second-order valence-electron chi connectivity index (χ2n) is 5.23.